The number of hydrogen-bond donors (Lipinski definition) is 2. The van der Waals surface area contributed by atoms with Crippen molar-refractivity contribution >= 4 is 40.5 Å². The first kappa shape index (κ1) is 14.1. The summed E-state index contributed by atoms with van der Waals surface area (Å²) >= 11 is 11.8. The number of amides is 1. The molecule has 0 aliphatic rings. The summed E-state index contributed by atoms with van der Waals surface area (Å²) in [5, 5.41) is 3.18. The highest BCUT2D eigenvalue weighted by Crippen LogP contribution is 2.32. The number of nitrogens with two attached hydrogens (primary N) is 1. The number of rotatable bonds is 4. The van der Waals surface area contributed by atoms with E-state index in [1.54, 1.807) is 0 Å². The Kier molecular flexibility index (Phi) is 5.05. The highest BCUT2D eigenvalue weighted by atomic mass is 35.5. The van der Waals surface area contributed by atoms with Crippen LogP contribution < -0.4 is 11.1 Å². The Balaban J connectivity index is 2.72. The van der Waals surface area contributed by atoms with Gasteiger partial charge in [-0.25, -0.2) is 0 Å². The molecular formula is C11H14Cl2N2O2. The zero-order chi connectivity index (χ0) is 13.0. The van der Waals surface area contributed by atoms with Gasteiger partial charge in [-0.2, -0.15) is 0 Å². The number of nitrogens with one attached hydrogen (secondary N) is 1. The fourth-order valence-electron chi connectivity index (χ4n) is 1.13. The lowest BCUT2D eigenvalue weighted by molar-refractivity contribution is -0.121. The van der Waals surface area contributed by atoms with Crippen molar-refractivity contribution < 1.29 is 9.53 Å². The molecule has 0 saturated heterocycles. The van der Waals surface area contributed by atoms with E-state index >= 15 is 0 Å². The molecule has 0 aromatic heterocycles. The van der Waals surface area contributed by atoms with E-state index in [-0.39, 0.29) is 18.6 Å². The van der Waals surface area contributed by atoms with Crippen molar-refractivity contribution in [3.63, 3.8) is 0 Å². The zero-order valence-electron chi connectivity index (χ0n) is 9.59. The van der Waals surface area contributed by atoms with E-state index in [1.807, 2.05) is 13.8 Å². The molecule has 1 aromatic carbocycles. The van der Waals surface area contributed by atoms with Gasteiger partial charge in [0.05, 0.1) is 21.8 Å². The van der Waals surface area contributed by atoms with E-state index in [4.69, 9.17) is 33.7 Å². The van der Waals surface area contributed by atoms with Crippen LogP contribution >= 0.6 is 23.2 Å². The zero-order valence-corrected chi connectivity index (χ0v) is 11.1. The largest absolute Gasteiger partial charge is 0.399 e. The van der Waals surface area contributed by atoms with E-state index in [2.05, 4.69) is 5.32 Å². The normalized spacial score (nSPS) is 10.6. The van der Waals surface area contributed by atoms with Crippen molar-refractivity contribution in [3.05, 3.63) is 22.2 Å². The monoisotopic (exact) mass is 276 g/mol. The predicted octanol–water partition coefficient (Wildman–Crippen LogP) is 2.94. The molecule has 0 radical (unpaired) electrons. The number of halogens is 2. The summed E-state index contributed by atoms with van der Waals surface area (Å²) in [5.74, 6) is -0.313. The van der Waals surface area contributed by atoms with Crippen LogP contribution in [0.5, 0.6) is 0 Å². The Labute approximate surface area is 110 Å². The molecular weight excluding hydrogens is 263 g/mol. The molecule has 0 heterocycles. The summed E-state index contributed by atoms with van der Waals surface area (Å²) in [6.07, 6.45) is -0.0156. The summed E-state index contributed by atoms with van der Waals surface area (Å²) in [6, 6.07) is 3.04. The maximum Gasteiger partial charge on any atom is 0.250 e. The van der Waals surface area contributed by atoms with Gasteiger partial charge >= 0.3 is 0 Å². The van der Waals surface area contributed by atoms with Gasteiger partial charge in [-0.05, 0) is 26.0 Å². The van der Waals surface area contributed by atoms with Crippen LogP contribution in [0.15, 0.2) is 12.1 Å². The highest BCUT2D eigenvalue weighted by Gasteiger charge is 2.11. The Morgan fingerprint density at radius 2 is 1.94 bits per heavy atom. The first-order valence-corrected chi connectivity index (χ1v) is 5.81. The first-order chi connectivity index (χ1) is 7.90. The number of carbonyl (C=O) groups is 1. The van der Waals surface area contributed by atoms with E-state index in [0.717, 1.165) is 0 Å². The van der Waals surface area contributed by atoms with Crippen molar-refractivity contribution in [2.24, 2.45) is 0 Å². The molecule has 0 aliphatic carbocycles. The average molecular weight is 277 g/mol. The minimum Gasteiger partial charge on any atom is -0.399 e. The molecule has 4 nitrogen and oxygen atoms in total. The third-order valence-electron chi connectivity index (χ3n) is 1.88. The van der Waals surface area contributed by atoms with Gasteiger partial charge in [0, 0.05) is 5.69 Å². The van der Waals surface area contributed by atoms with Gasteiger partial charge in [0.1, 0.15) is 6.61 Å². The van der Waals surface area contributed by atoms with Gasteiger partial charge in [-0.3, -0.25) is 4.79 Å². The Hall–Kier alpha value is -0.970. The number of benzene rings is 1. The molecule has 0 unspecified atom stereocenters. The molecule has 1 aromatic rings. The Bertz CT molecular complexity index is 399. The minimum absolute atomic E-state index is 0.0156. The average Bonchev–Trinajstić information content (AvgIpc) is 2.20. The predicted molar refractivity (Wildman–Crippen MR) is 70.6 cm³/mol. The highest BCUT2D eigenvalue weighted by molar-refractivity contribution is 6.40. The summed E-state index contributed by atoms with van der Waals surface area (Å²) in [7, 11) is 0. The smallest absolute Gasteiger partial charge is 0.250 e. The van der Waals surface area contributed by atoms with Gasteiger partial charge in [0.25, 0.3) is 0 Å². The fourth-order valence-corrected chi connectivity index (χ4v) is 1.73. The lowest BCUT2D eigenvalue weighted by atomic mass is 10.3. The van der Waals surface area contributed by atoms with Crippen LogP contribution in [0.3, 0.4) is 0 Å². The molecule has 0 bridgehead atoms. The second kappa shape index (κ2) is 6.10. The molecule has 1 rings (SSSR count). The van der Waals surface area contributed by atoms with Crippen LogP contribution in [0.25, 0.3) is 0 Å². The van der Waals surface area contributed by atoms with Crippen molar-refractivity contribution in [2.45, 2.75) is 20.0 Å². The van der Waals surface area contributed by atoms with Gasteiger partial charge in [0.15, 0.2) is 0 Å². The van der Waals surface area contributed by atoms with Crippen LogP contribution in [0.4, 0.5) is 11.4 Å². The minimum atomic E-state index is -0.313. The van der Waals surface area contributed by atoms with Crippen molar-refractivity contribution in [2.75, 3.05) is 17.7 Å². The molecule has 6 heteroatoms. The number of carbonyl (C=O) groups excluding carboxylic acids is 1. The van der Waals surface area contributed by atoms with Crippen molar-refractivity contribution in [3.8, 4) is 0 Å². The van der Waals surface area contributed by atoms with Crippen LogP contribution in [-0.4, -0.2) is 18.6 Å². The Morgan fingerprint density at radius 3 is 2.41 bits per heavy atom. The van der Waals surface area contributed by atoms with Crippen LogP contribution in [0.2, 0.25) is 10.0 Å². The van der Waals surface area contributed by atoms with Crippen LogP contribution in [0, 0.1) is 0 Å². The molecule has 3 N–H and O–H groups in total. The lowest BCUT2D eigenvalue weighted by Gasteiger charge is -2.11. The maximum absolute atomic E-state index is 11.5. The molecule has 0 saturated carbocycles. The van der Waals surface area contributed by atoms with E-state index in [9.17, 15) is 4.79 Å². The molecule has 17 heavy (non-hydrogen) atoms. The van der Waals surface area contributed by atoms with Crippen molar-refractivity contribution in [1.82, 2.24) is 0 Å². The van der Waals surface area contributed by atoms with Gasteiger partial charge in [-0.1, -0.05) is 23.2 Å². The number of nitrogen functional groups attached to an aromatic ring is 1. The summed E-state index contributed by atoms with van der Waals surface area (Å²) in [5.41, 5.74) is 6.34. The van der Waals surface area contributed by atoms with Gasteiger partial charge in [0.2, 0.25) is 5.91 Å². The third-order valence-corrected chi connectivity index (χ3v) is 2.47. The molecule has 0 aliphatic heterocycles. The molecule has 0 spiro atoms. The molecule has 1 amide bonds. The molecule has 0 atom stereocenters. The van der Waals surface area contributed by atoms with E-state index < -0.39 is 0 Å². The fraction of sp³-hybridized carbons (Fsp3) is 0.364. The summed E-state index contributed by atoms with van der Waals surface area (Å²) in [4.78, 5) is 11.5. The quantitative estimate of drug-likeness (QED) is 0.831. The van der Waals surface area contributed by atoms with Crippen LogP contribution in [0.1, 0.15) is 13.8 Å². The SMILES string of the molecule is CC(C)OCC(=O)Nc1c(Cl)cc(N)cc1Cl. The third kappa shape index (κ3) is 4.42. The first-order valence-electron chi connectivity index (χ1n) is 5.06. The molecule has 0 fully saturated rings. The second-order valence-electron chi connectivity index (χ2n) is 3.77. The van der Waals surface area contributed by atoms with Gasteiger partial charge in [-0.15, -0.1) is 0 Å². The number of hydrogen-bond acceptors (Lipinski definition) is 3. The number of ether oxygens (including phenoxy) is 1. The standard InChI is InChI=1S/C11H14Cl2N2O2/c1-6(2)17-5-10(16)15-11-8(12)3-7(14)4-9(11)13/h3-4,6H,5,14H2,1-2H3,(H,15,16). The second-order valence-corrected chi connectivity index (χ2v) is 4.58. The van der Waals surface area contributed by atoms with E-state index in [0.29, 0.717) is 21.4 Å². The summed E-state index contributed by atoms with van der Waals surface area (Å²) < 4.78 is 5.16. The molecule has 94 valence electrons. The maximum atomic E-state index is 11.5. The summed E-state index contributed by atoms with van der Waals surface area (Å²) in [6.45, 7) is 3.64. The van der Waals surface area contributed by atoms with Crippen LogP contribution in [-0.2, 0) is 9.53 Å². The Morgan fingerprint density at radius 1 is 1.41 bits per heavy atom. The van der Waals surface area contributed by atoms with Crippen molar-refractivity contribution in [1.29, 1.82) is 0 Å². The number of anilines is 2. The topological polar surface area (TPSA) is 64.3 Å². The van der Waals surface area contributed by atoms with E-state index in [1.165, 1.54) is 12.1 Å². The van der Waals surface area contributed by atoms with Gasteiger partial charge < -0.3 is 15.8 Å². The lowest BCUT2D eigenvalue weighted by Crippen LogP contribution is -2.21.